The van der Waals surface area contributed by atoms with Crippen LogP contribution < -0.4 is 0 Å². The van der Waals surface area contributed by atoms with Crippen molar-refractivity contribution in [1.82, 2.24) is 9.88 Å². The van der Waals surface area contributed by atoms with Gasteiger partial charge in [-0.2, -0.15) is 0 Å². The fraction of sp³-hybridized carbons (Fsp3) is 0.250. The third-order valence-corrected chi connectivity index (χ3v) is 6.94. The van der Waals surface area contributed by atoms with Crippen LogP contribution in [-0.2, 0) is 6.54 Å². The van der Waals surface area contributed by atoms with Crippen molar-refractivity contribution in [3.63, 3.8) is 0 Å². The number of aromatic nitrogens is 1. The van der Waals surface area contributed by atoms with Crippen molar-refractivity contribution in [1.29, 1.82) is 0 Å². The van der Waals surface area contributed by atoms with Gasteiger partial charge >= 0.3 is 0 Å². The summed E-state index contributed by atoms with van der Waals surface area (Å²) in [4.78, 5) is 7.73. The lowest BCUT2D eigenvalue weighted by molar-refractivity contribution is 0.332. The third kappa shape index (κ3) is 4.13. The summed E-state index contributed by atoms with van der Waals surface area (Å²) < 4.78 is 0. The Morgan fingerprint density at radius 3 is 2.77 bits per heavy atom. The van der Waals surface area contributed by atoms with E-state index in [1.54, 1.807) is 0 Å². The van der Waals surface area contributed by atoms with Crippen molar-refractivity contribution in [2.24, 2.45) is 0 Å². The fourth-order valence-electron chi connectivity index (χ4n) is 3.28. The first-order valence-corrected chi connectivity index (χ1v) is 10.5. The van der Waals surface area contributed by atoms with Gasteiger partial charge < -0.3 is 0 Å². The van der Waals surface area contributed by atoms with Crippen LogP contribution in [0.1, 0.15) is 12.0 Å². The zero-order chi connectivity index (χ0) is 18.1. The van der Waals surface area contributed by atoms with E-state index in [0.29, 0.717) is 10.3 Å². The van der Waals surface area contributed by atoms with Crippen LogP contribution in [0, 0.1) is 0 Å². The average molecular weight is 424 g/mol. The van der Waals surface area contributed by atoms with Crippen LogP contribution in [0.3, 0.4) is 0 Å². The average Bonchev–Trinajstić information content (AvgIpc) is 3.05. The van der Waals surface area contributed by atoms with E-state index in [4.69, 9.17) is 34.8 Å². The Morgan fingerprint density at radius 1 is 1.04 bits per heavy atom. The van der Waals surface area contributed by atoms with Gasteiger partial charge in [-0.05, 0) is 54.2 Å². The monoisotopic (exact) mass is 422 g/mol. The highest BCUT2D eigenvalue weighted by atomic mass is 35.5. The second-order valence-corrected chi connectivity index (χ2v) is 9.10. The normalized spacial score (nSPS) is 17.9. The van der Waals surface area contributed by atoms with Gasteiger partial charge in [0.05, 0.1) is 5.02 Å². The number of pyridine rings is 1. The lowest BCUT2D eigenvalue weighted by Gasteiger charge is -2.17. The molecule has 0 unspecified atom stereocenters. The molecule has 0 aliphatic carbocycles. The minimum Gasteiger partial charge on any atom is -0.298 e. The predicted molar refractivity (Wildman–Crippen MR) is 113 cm³/mol. The maximum absolute atomic E-state index is 6.49. The molecule has 1 saturated heterocycles. The van der Waals surface area contributed by atoms with E-state index in [9.17, 15) is 0 Å². The molecule has 0 spiro atoms. The van der Waals surface area contributed by atoms with Crippen LogP contribution in [0.5, 0.6) is 0 Å². The minimum atomic E-state index is 0.526. The van der Waals surface area contributed by atoms with Gasteiger partial charge in [0.1, 0.15) is 0 Å². The molecule has 2 heterocycles. The molecule has 4 rings (SSSR count). The second-order valence-electron chi connectivity index (χ2n) is 6.50. The molecule has 0 amide bonds. The molecule has 0 bridgehead atoms. The number of hydrogen-bond donors (Lipinski definition) is 0. The first-order chi connectivity index (χ1) is 12.6. The number of hydrogen-bond acceptors (Lipinski definition) is 3. The van der Waals surface area contributed by atoms with Gasteiger partial charge in [-0.1, -0.05) is 40.9 Å². The number of rotatable bonds is 4. The Hall–Kier alpha value is -0.970. The second kappa shape index (κ2) is 7.95. The first kappa shape index (κ1) is 18.4. The highest BCUT2D eigenvalue weighted by Gasteiger charge is 2.24. The number of benzene rings is 2. The van der Waals surface area contributed by atoms with Crippen molar-refractivity contribution in [2.45, 2.75) is 23.1 Å². The molecule has 1 aromatic heterocycles. The van der Waals surface area contributed by atoms with E-state index in [1.165, 1.54) is 5.39 Å². The minimum absolute atomic E-state index is 0.526. The van der Waals surface area contributed by atoms with Crippen LogP contribution in [0.2, 0.25) is 15.1 Å². The summed E-state index contributed by atoms with van der Waals surface area (Å²) in [5.74, 6) is 0. The summed E-state index contributed by atoms with van der Waals surface area (Å²) >= 11 is 20.7. The molecule has 2 aromatic carbocycles. The molecule has 0 N–H and O–H groups in total. The molecule has 1 atom stereocenters. The maximum Gasteiger partial charge on any atom is 0.0548 e. The Bertz CT molecular complexity index is 947. The summed E-state index contributed by atoms with van der Waals surface area (Å²) in [5.41, 5.74) is 1.12. The Labute approximate surface area is 172 Å². The molecule has 6 heteroatoms. The number of nitrogens with zero attached hydrogens (tertiary/aromatic N) is 2. The highest BCUT2D eigenvalue weighted by Crippen LogP contribution is 2.37. The summed E-state index contributed by atoms with van der Waals surface area (Å²) in [7, 11) is 0. The molecule has 0 radical (unpaired) electrons. The molecule has 1 fully saturated rings. The largest absolute Gasteiger partial charge is 0.298 e. The molecule has 0 saturated carbocycles. The lowest BCUT2D eigenvalue weighted by Crippen LogP contribution is -2.20. The third-order valence-electron chi connectivity index (χ3n) is 4.62. The van der Waals surface area contributed by atoms with Crippen molar-refractivity contribution in [3.8, 4) is 0 Å². The summed E-state index contributed by atoms with van der Waals surface area (Å²) in [6.07, 6.45) is 4.81. The van der Waals surface area contributed by atoms with Crippen LogP contribution in [-0.4, -0.2) is 28.2 Å². The summed E-state index contributed by atoms with van der Waals surface area (Å²) in [6, 6.07) is 11.9. The van der Waals surface area contributed by atoms with E-state index in [2.05, 4.69) is 16.0 Å². The standard InChI is InChI=1S/C20H17Cl3N2S/c21-16-2-1-14(18(22)9-16)11-25-6-4-17(12-25)26-20-8-13-3-5-24-10-15(13)7-19(20)23/h1-3,5,7-10,17H,4,6,11-12H2/t17-/m0/s1. The quantitative estimate of drug-likeness (QED) is 0.472. The molecule has 1 aliphatic heterocycles. The van der Waals surface area contributed by atoms with Gasteiger partial charge in [-0.25, -0.2) is 0 Å². The van der Waals surface area contributed by atoms with Crippen LogP contribution in [0.15, 0.2) is 53.7 Å². The fourth-order valence-corrected chi connectivity index (χ4v) is 5.29. The summed E-state index contributed by atoms with van der Waals surface area (Å²) in [6.45, 7) is 2.93. The van der Waals surface area contributed by atoms with E-state index >= 15 is 0 Å². The van der Waals surface area contributed by atoms with E-state index in [0.717, 1.165) is 51.9 Å². The van der Waals surface area contributed by atoms with Crippen molar-refractivity contribution < 1.29 is 0 Å². The predicted octanol–water partition coefficient (Wildman–Crippen LogP) is 6.56. The number of likely N-dealkylation sites (tertiary alicyclic amines) is 1. The lowest BCUT2D eigenvalue weighted by atomic mass is 10.2. The van der Waals surface area contributed by atoms with Gasteiger partial charge in [-0.15, -0.1) is 11.8 Å². The number of halogens is 3. The molecule has 134 valence electrons. The van der Waals surface area contributed by atoms with Crippen molar-refractivity contribution in [3.05, 3.63) is 69.4 Å². The highest BCUT2D eigenvalue weighted by molar-refractivity contribution is 8.00. The first-order valence-electron chi connectivity index (χ1n) is 8.45. The molecular weight excluding hydrogens is 407 g/mol. The van der Waals surface area contributed by atoms with Crippen LogP contribution >= 0.6 is 46.6 Å². The molecule has 2 nitrogen and oxygen atoms in total. The number of thioether (sulfide) groups is 1. The van der Waals surface area contributed by atoms with Crippen molar-refractivity contribution >= 4 is 57.3 Å². The smallest absolute Gasteiger partial charge is 0.0548 e. The zero-order valence-corrected chi connectivity index (χ0v) is 17.0. The van der Waals surface area contributed by atoms with Gasteiger partial charge in [-0.3, -0.25) is 9.88 Å². The SMILES string of the molecule is Clc1ccc(CN2CC[C@H](Sc3cc4ccncc4cc3Cl)C2)c(Cl)c1. The van der Waals surface area contributed by atoms with E-state index in [-0.39, 0.29) is 0 Å². The summed E-state index contributed by atoms with van der Waals surface area (Å²) in [5, 5.41) is 4.99. The van der Waals surface area contributed by atoms with Crippen LogP contribution in [0.4, 0.5) is 0 Å². The molecule has 3 aromatic rings. The van der Waals surface area contributed by atoms with Gasteiger partial charge in [0, 0.05) is 51.1 Å². The molecule has 1 aliphatic rings. The molecule has 26 heavy (non-hydrogen) atoms. The maximum atomic E-state index is 6.49. The Balaban J connectivity index is 1.43. The van der Waals surface area contributed by atoms with Gasteiger partial charge in [0.2, 0.25) is 0 Å². The van der Waals surface area contributed by atoms with Gasteiger partial charge in [0.25, 0.3) is 0 Å². The van der Waals surface area contributed by atoms with Crippen molar-refractivity contribution in [2.75, 3.05) is 13.1 Å². The van der Waals surface area contributed by atoms with Gasteiger partial charge in [0.15, 0.2) is 0 Å². The topological polar surface area (TPSA) is 16.1 Å². The Morgan fingerprint density at radius 2 is 1.92 bits per heavy atom. The van der Waals surface area contributed by atoms with E-state index < -0.39 is 0 Å². The zero-order valence-electron chi connectivity index (χ0n) is 14.0. The van der Waals surface area contributed by atoms with E-state index in [1.807, 2.05) is 54.5 Å². The van der Waals surface area contributed by atoms with Crippen LogP contribution in [0.25, 0.3) is 10.8 Å². The molecular formula is C20H17Cl3N2S. The Kier molecular flexibility index (Phi) is 5.63. The number of fused-ring (bicyclic) bond motifs is 1.